The van der Waals surface area contributed by atoms with E-state index in [1.807, 2.05) is 62.4 Å². The predicted octanol–water partition coefficient (Wildman–Crippen LogP) is 5.72. The molecule has 3 aromatic carbocycles. The number of likely N-dealkylation sites (tertiary alicyclic amines) is 1. The van der Waals surface area contributed by atoms with E-state index in [9.17, 15) is 45.5 Å². The van der Waals surface area contributed by atoms with Crippen LogP contribution in [-0.4, -0.2) is 111 Å². The maximum Gasteiger partial charge on any atom is 0.416 e. The third-order valence-corrected chi connectivity index (χ3v) is 9.79. The van der Waals surface area contributed by atoms with E-state index < -0.39 is 65.5 Å². The van der Waals surface area contributed by atoms with Crippen LogP contribution in [0, 0.1) is 13.8 Å². The third kappa shape index (κ3) is 12.2. The van der Waals surface area contributed by atoms with Crippen molar-refractivity contribution in [3.05, 3.63) is 100 Å². The van der Waals surface area contributed by atoms with Gasteiger partial charge in [-0.15, -0.1) is 0 Å². The molecule has 5 rings (SSSR count). The molecular weight excluding hydrogens is 750 g/mol. The van der Waals surface area contributed by atoms with Crippen molar-refractivity contribution in [1.82, 2.24) is 14.7 Å². The Morgan fingerprint density at radius 2 is 1.38 bits per heavy atom. The second-order valence-corrected chi connectivity index (χ2v) is 13.9. The van der Waals surface area contributed by atoms with Gasteiger partial charge in [0.15, 0.2) is 6.10 Å². The molecule has 0 spiro atoms. The van der Waals surface area contributed by atoms with Crippen molar-refractivity contribution in [3.8, 4) is 0 Å². The number of anilines is 1. The number of hydrogen-bond donors (Lipinski definition) is 4. The Morgan fingerprint density at radius 1 is 0.804 bits per heavy atom. The second kappa shape index (κ2) is 18.8. The minimum absolute atomic E-state index is 0.0392. The maximum absolute atomic E-state index is 13.7. The molecule has 0 aliphatic carbocycles. The number of carbonyl (C=O) groups is 4. The van der Waals surface area contributed by atoms with Gasteiger partial charge < -0.3 is 25.5 Å². The number of piperazine rings is 1. The number of amides is 2. The number of benzene rings is 3. The summed E-state index contributed by atoms with van der Waals surface area (Å²) in [6.07, 6.45) is -11.2. The van der Waals surface area contributed by atoms with E-state index in [0.29, 0.717) is 57.6 Å². The molecule has 0 radical (unpaired) electrons. The molecule has 17 heteroatoms. The monoisotopic (exact) mass is 794 g/mol. The van der Waals surface area contributed by atoms with Crippen LogP contribution >= 0.6 is 0 Å². The first-order chi connectivity index (χ1) is 26.2. The molecule has 0 bridgehead atoms. The van der Waals surface area contributed by atoms with Gasteiger partial charge in [-0.05, 0) is 68.0 Å². The Morgan fingerprint density at radius 3 is 1.88 bits per heavy atom. The molecule has 2 fully saturated rings. The average Bonchev–Trinajstić information content (AvgIpc) is 3.13. The number of carboxylic acid groups (broad SMARTS) is 2. The van der Waals surface area contributed by atoms with Gasteiger partial charge in [-0.2, -0.15) is 26.3 Å². The topological polar surface area (TPSA) is 151 Å². The molecular formula is C39H44F6N4O7. The van der Waals surface area contributed by atoms with Crippen LogP contribution in [0.5, 0.6) is 0 Å². The van der Waals surface area contributed by atoms with E-state index in [2.05, 4.69) is 15.1 Å². The number of aliphatic carboxylic acids is 2. The number of carbonyl (C=O) groups excluding carboxylic acids is 2. The lowest BCUT2D eigenvalue weighted by Gasteiger charge is -2.46. The van der Waals surface area contributed by atoms with Crippen LogP contribution in [0.15, 0.2) is 66.7 Å². The van der Waals surface area contributed by atoms with E-state index in [1.54, 1.807) is 0 Å². The highest BCUT2D eigenvalue weighted by atomic mass is 19.4. The highest BCUT2D eigenvalue weighted by Crippen LogP contribution is 2.37. The summed E-state index contributed by atoms with van der Waals surface area (Å²) in [7, 11) is 0. The van der Waals surface area contributed by atoms with Crippen LogP contribution < -0.4 is 5.32 Å². The van der Waals surface area contributed by atoms with Gasteiger partial charge in [-0.3, -0.25) is 24.2 Å². The van der Waals surface area contributed by atoms with Crippen molar-refractivity contribution >= 4 is 29.4 Å². The summed E-state index contributed by atoms with van der Waals surface area (Å²) >= 11 is 0. The van der Waals surface area contributed by atoms with Crippen LogP contribution in [0.4, 0.5) is 32.0 Å². The van der Waals surface area contributed by atoms with E-state index in [-0.39, 0.29) is 31.1 Å². The Kier molecular flexibility index (Phi) is 14.6. The van der Waals surface area contributed by atoms with Gasteiger partial charge in [0.05, 0.1) is 24.1 Å². The van der Waals surface area contributed by atoms with Crippen molar-refractivity contribution in [2.45, 2.75) is 70.1 Å². The van der Waals surface area contributed by atoms with E-state index >= 15 is 0 Å². The number of aryl methyl sites for hydroxylation is 2. The number of alkyl halides is 6. The fraction of sp³-hybridized carbons (Fsp3) is 0.436. The van der Waals surface area contributed by atoms with E-state index in [1.165, 1.54) is 4.90 Å². The molecule has 2 saturated heterocycles. The predicted molar refractivity (Wildman–Crippen MR) is 193 cm³/mol. The number of aliphatic hydroxyl groups excluding tert-OH is 1. The summed E-state index contributed by atoms with van der Waals surface area (Å²) in [6.45, 7) is 7.04. The van der Waals surface area contributed by atoms with Crippen LogP contribution in [0.25, 0.3) is 0 Å². The van der Waals surface area contributed by atoms with Crippen LogP contribution in [0.2, 0.25) is 0 Å². The molecule has 304 valence electrons. The highest BCUT2D eigenvalue weighted by Gasteiger charge is 2.40. The minimum atomic E-state index is -5.05. The Bertz CT molecular complexity index is 1800. The molecule has 56 heavy (non-hydrogen) atoms. The lowest BCUT2D eigenvalue weighted by molar-refractivity contribution is -0.152. The smallest absolute Gasteiger partial charge is 0.416 e. The fourth-order valence-corrected chi connectivity index (χ4v) is 6.89. The summed E-state index contributed by atoms with van der Waals surface area (Å²) in [5.74, 6) is -3.78. The first-order valence-electron chi connectivity index (χ1n) is 17.8. The number of piperidine rings is 1. The quantitative estimate of drug-likeness (QED) is 0.189. The van der Waals surface area contributed by atoms with Gasteiger partial charge in [0.25, 0.3) is 5.91 Å². The molecule has 3 aromatic rings. The SMILES string of the molecule is Cc1cccc(C)c1NC(=O)CN1CCN([C@H]2CCN(C(=O)c3cc(C(F)(F)F)cc(C(F)(F)F)c3)[C@H](Cc3ccccc3)C2)CC1.O=C(O)C[C@@H](O)C(=O)O. The minimum Gasteiger partial charge on any atom is -0.481 e. The van der Waals surface area contributed by atoms with Crippen LogP contribution in [-0.2, 0) is 33.2 Å². The van der Waals surface area contributed by atoms with Crippen molar-refractivity contribution in [2.75, 3.05) is 44.6 Å². The van der Waals surface area contributed by atoms with Gasteiger partial charge in [0.1, 0.15) is 0 Å². The number of halogens is 6. The third-order valence-electron chi connectivity index (χ3n) is 9.79. The van der Waals surface area contributed by atoms with Crippen molar-refractivity contribution in [1.29, 1.82) is 0 Å². The number of nitrogens with zero attached hydrogens (tertiary/aromatic N) is 3. The zero-order chi connectivity index (χ0) is 41.4. The van der Waals surface area contributed by atoms with Gasteiger partial charge >= 0.3 is 24.3 Å². The van der Waals surface area contributed by atoms with Gasteiger partial charge in [0.2, 0.25) is 5.91 Å². The summed E-state index contributed by atoms with van der Waals surface area (Å²) in [6, 6.07) is 15.9. The van der Waals surface area contributed by atoms with E-state index in [4.69, 9.17) is 15.3 Å². The molecule has 2 heterocycles. The molecule has 4 N–H and O–H groups in total. The lowest BCUT2D eigenvalue weighted by atomic mass is 9.90. The zero-order valence-electron chi connectivity index (χ0n) is 30.7. The Hall–Kier alpha value is -5.00. The fourth-order valence-electron chi connectivity index (χ4n) is 6.89. The largest absolute Gasteiger partial charge is 0.481 e. The zero-order valence-corrected chi connectivity index (χ0v) is 30.7. The number of nitrogens with one attached hydrogen (secondary N) is 1. The average molecular weight is 795 g/mol. The number of carboxylic acids is 2. The van der Waals surface area contributed by atoms with Gasteiger partial charge in [0, 0.05) is 56.1 Å². The van der Waals surface area contributed by atoms with Crippen molar-refractivity contribution in [3.63, 3.8) is 0 Å². The molecule has 0 aromatic heterocycles. The highest BCUT2D eigenvalue weighted by molar-refractivity contribution is 5.95. The Balaban J connectivity index is 0.000000689. The standard InChI is InChI=1S/C35H38F6N4O2.C4H6O5/c1-23-7-6-8-24(2)32(23)42-31(46)22-43-13-15-44(16-14-43)29-11-12-45(30(21-29)17-25-9-4-3-5-10-25)33(47)26-18-27(34(36,37)38)20-28(19-26)35(39,40)41;5-2(4(8)9)1-3(6)7/h3-10,18-20,29-30H,11-17,21-22H2,1-2H3,(H,42,46);2,5H,1H2,(H,6,7)(H,8,9)/t29-,30+;2-/m01/s1. The molecule has 0 saturated carbocycles. The number of hydrogen-bond acceptors (Lipinski definition) is 7. The number of para-hydroxylation sites is 1. The lowest BCUT2D eigenvalue weighted by Crippen LogP contribution is -2.57. The second-order valence-electron chi connectivity index (χ2n) is 13.9. The molecule has 2 amide bonds. The molecule has 2 aliphatic rings. The molecule has 11 nitrogen and oxygen atoms in total. The summed E-state index contributed by atoms with van der Waals surface area (Å²) in [4.78, 5) is 51.8. The van der Waals surface area contributed by atoms with Crippen LogP contribution in [0.1, 0.15) is 57.4 Å². The number of aliphatic hydroxyl groups is 1. The van der Waals surface area contributed by atoms with Crippen molar-refractivity contribution < 1.29 is 60.8 Å². The molecule has 3 atom stereocenters. The first-order valence-corrected chi connectivity index (χ1v) is 17.8. The summed E-state index contributed by atoms with van der Waals surface area (Å²) in [5.41, 5.74) is 0.0733. The molecule has 2 aliphatic heterocycles. The first kappa shape index (κ1) is 43.7. The molecule has 0 unspecified atom stereocenters. The van der Waals surface area contributed by atoms with E-state index in [0.717, 1.165) is 22.4 Å². The van der Waals surface area contributed by atoms with Gasteiger partial charge in [-0.25, -0.2) is 4.79 Å². The van der Waals surface area contributed by atoms with Crippen molar-refractivity contribution in [2.24, 2.45) is 0 Å². The number of rotatable bonds is 10. The van der Waals surface area contributed by atoms with Crippen LogP contribution in [0.3, 0.4) is 0 Å². The Labute approximate surface area is 319 Å². The normalized spacial score (nSPS) is 18.7. The maximum atomic E-state index is 13.7. The summed E-state index contributed by atoms with van der Waals surface area (Å²) in [5, 5.41) is 27.2. The van der Waals surface area contributed by atoms with Gasteiger partial charge in [-0.1, -0.05) is 48.5 Å². The summed E-state index contributed by atoms with van der Waals surface area (Å²) < 4.78 is 81.4.